The molecule has 3 aliphatic rings. The van der Waals surface area contributed by atoms with Crippen LogP contribution in [0.25, 0.3) is 11.3 Å². The zero-order valence-electron chi connectivity index (χ0n) is 15.4. The second-order valence-corrected chi connectivity index (χ2v) is 7.55. The summed E-state index contributed by atoms with van der Waals surface area (Å²) >= 11 is 0. The first kappa shape index (κ1) is 19.8. The van der Waals surface area contributed by atoms with Crippen molar-refractivity contribution in [2.75, 3.05) is 0 Å². The Morgan fingerprint density at radius 3 is 2.40 bits per heavy atom. The number of phenols is 1. The molecular weight excluding hydrogens is 396 g/mol. The highest BCUT2D eigenvalue weighted by Crippen LogP contribution is 2.54. The summed E-state index contributed by atoms with van der Waals surface area (Å²) in [6.45, 7) is 3.84. The van der Waals surface area contributed by atoms with Gasteiger partial charge in [0.1, 0.15) is 22.8 Å². The fourth-order valence-corrected chi connectivity index (χ4v) is 4.73. The van der Waals surface area contributed by atoms with Crippen molar-refractivity contribution in [2.45, 2.75) is 17.7 Å². The Kier molecular flexibility index (Phi) is 3.98. The molecule has 9 N–H and O–H groups in total. The third-order valence-electron chi connectivity index (χ3n) is 6.13. The Morgan fingerprint density at radius 2 is 1.80 bits per heavy atom. The summed E-state index contributed by atoms with van der Waals surface area (Å²) in [6, 6.07) is 2.46. The van der Waals surface area contributed by atoms with Crippen LogP contribution in [-0.2, 0) is 14.4 Å². The standard InChI is InChI=1S/C20H18N2O8/c1-5-6-3-2-4-7(23)9(6)14(24)10-8(5)15(25)12-13(21)16(26)11(19(22)29)18(28)20(12,30)17(10)27/h2-4,8,12-13,15,23-25,28,30H,1,21H2,(H2,22,29)/t8-,12-,13+,15+,20+/m1/s1. The van der Waals surface area contributed by atoms with Crippen LogP contribution in [0.15, 0.2) is 41.7 Å². The number of Topliss-reactive ketones (excluding diaryl/α,β-unsaturated/α-hetero) is 2. The van der Waals surface area contributed by atoms with E-state index in [-0.39, 0.29) is 22.4 Å². The maximum Gasteiger partial charge on any atom is 0.255 e. The molecule has 30 heavy (non-hydrogen) atoms. The minimum absolute atomic E-state index is 0.125. The van der Waals surface area contributed by atoms with Gasteiger partial charge in [0.2, 0.25) is 5.78 Å². The van der Waals surface area contributed by atoms with Crippen LogP contribution >= 0.6 is 0 Å². The zero-order chi connectivity index (χ0) is 22.3. The van der Waals surface area contributed by atoms with Gasteiger partial charge >= 0.3 is 0 Å². The monoisotopic (exact) mass is 414 g/mol. The molecule has 0 heterocycles. The number of fused-ring (bicyclic) bond motifs is 3. The lowest BCUT2D eigenvalue weighted by atomic mass is 9.55. The van der Waals surface area contributed by atoms with Crippen LogP contribution < -0.4 is 11.5 Å². The summed E-state index contributed by atoms with van der Waals surface area (Å²) in [7, 11) is 0. The number of amides is 1. The molecule has 3 aliphatic carbocycles. The topological polar surface area (TPSA) is 204 Å². The van der Waals surface area contributed by atoms with Crippen LogP contribution in [0.4, 0.5) is 0 Å². The molecule has 0 aromatic heterocycles. The van der Waals surface area contributed by atoms with Crippen molar-refractivity contribution in [3.05, 3.63) is 52.8 Å². The number of aromatic hydroxyl groups is 1. The smallest absolute Gasteiger partial charge is 0.255 e. The van der Waals surface area contributed by atoms with Gasteiger partial charge in [-0.15, -0.1) is 0 Å². The summed E-state index contributed by atoms with van der Waals surface area (Å²) in [6.07, 6.45) is -1.76. The summed E-state index contributed by atoms with van der Waals surface area (Å²) in [4.78, 5) is 37.5. The molecule has 5 atom stereocenters. The summed E-state index contributed by atoms with van der Waals surface area (Å²) < 4.78 is 0. The van der Waals surface area contributed by atoms with Gasteiger partial charge in [-0.25, -0.2) is 0 Å². The fourth-order valence-electron chi connectivity index (χ4n) is 4.73. The first-order valence-electron chi connectivity index (χ1n) is 8.89. The van der Waals surface area contributed by atoms with E-state index in [1.54, 1.807) is 0 Å². The first-order chi connectivity index (χ1) is 14.0. The van der Waals surface area contributed by atoms with Crippen molar-refractivity contribution in [1.82, 2.24) is 0 Å². The van der Waals surface area contributed by atoms with E-state index in [0.29, 0.717) is 0 Å². The molecule has 0 spiro atoms. The number of aliphatic hydroxyl groups excluding tert-OH is 3. The van der Waals surface area contributed by atoms with Crippen molar-refractivity contribution in [3.8, 4) is 5.75 Å². The molecule has 1 amide bonds. The van der Waals surface area contributed by atoms with E-state index in [2.05, 4.69) is 6.58 Å². The maximum atomic E-state index is 13.4. The number of nitrogens with two attached hydrogens (primary N) is 2. The number of phenolic OH excluding ortho intramolecular Hbond substituents is 1. The molecule has 1 aromatic carbocycles. The number of rotatable bonds is 1. The molecule has 0 aliphatic heterocycles. The lowest BCUT2D eigenvalue weighted by Gasteiger charge is -2.51. The third kappa shape index (κ3) is 2.09. The summed E-state index contributed by atoms with van der Waals surface area (Å²) in [5.74, 6) is -9.37. The van der Waals surface area contributed by atoms with Gasteiger partial charge in [-0.05, 0) is 17.2 Å². The Hall–Kier alpha value is -3.47. The van der Waals surface area contributed by atoms with Gasteiger partial charge in [0.15, 0.2) is 11.4 Å². The molecule has 1 fully saturated rings. The summed E-state index contributed by atoms with van der Waals surface area (Å²) in [5, 5.41) is 53.7. The average Bonchev–Trinajstić information content (AvgIpc) is 2.67. The maximum absolute atomic E-state index is 13.4. The van der Waals surface area contributed by atoms with E-state index in [1.807, 2.05) is 0 Å². The molecule has 1 aromatic rings. The van der Waals surface area contributed by atoms with Crippen molar-refractivity contribution >= 4 is 28.8 Å². The van der Waals surface area contributed by atoms with Gasteiger partial charge in [-0.1, -0.05) is 18.7 Å². The van der Waals surface area contributed by atoms with Gasteiger partial charge < -0.3 is 37.0 Å². The number of hydrogen-bond acceptors (Lipinski definition) is 9. The van der Waals surface area contributed by atoms with Crippen LogP contribution in [-0.4, -0.2) is 60.8 Å². The molecule has 10 nitrogen and oxygen atoms in total. The van der Waals surface area contributed by atoms with E-state index < -0.39 is 69.7 Å². The van der Waals surface area contributed by atoms with Crippen LogP contribution in [0, 0.1) is 11.8 Å². The fraction of sp³-hybridized carbons (Fsp3) is 0.250. The second kappa shape index (κ2) is 6.02. The molecule has 10 heteroatoms. The van der Waals surface area contributed by atoms with E-state index in [0.717, 1.165) is 0 Å². The minimum atomic E-state index is -3.00. The molecule has 0 bridgehead atoms. The number of carbonyl (C=O) groups is 3. The van der Waals surface area contributed by atoms with Gasteiger partial charge in [-0.3, -0.25) is 14.4 Å². The number of hydrogen-bond donors (Lipinski definition) is 7. The quantitative estimate of drug-likeness (QED) is 0.275. The number of benzene rings is 1. The number of carbonyl (C=O) groups excluding carboxylic acids is 3. The molecule has 4 rings (SSSR count). The Bertz CT molecular complexity index is 1130. The number of ketones is 2. The van der Waals surface area contributed by atoms with Crippen LogP contribution in [0.3, 0.4) is 0 Å². The largest absolute Gasteiger partial charge is 0.508 e. The predicted molar refractivity (Wildman–Crippen MR) is 101 cm³/mol. The van der Waals surface area contributed by atoms with Gasteiger partial charge in [0.05, 0.1) is 29.2 Å². The highest BCUT2D eigenvalue weighted by molar-refractivity contribution is 6.25. The van der Waals surface area contributed by atoms with Crippen molar-refractivity contribution in [1.29, 1.82) is 0 Å². The second-order valence-electron chi connectivity index (χ2n) is 7.55. The van der Waals surface area contributed by atoms with E-state index in [4.69, 9.17) is 11.5 Å². The molecular formula is C20H18N2O8. The van der Waals surface area contributed by atoms with E-state index >= 15 is 0 Å². The zero-order valence-corrected chi connectivity index (χ0v) is 15.4. The molecule has 156 valence electrons. The SMILES string of the molecule is C=C1c2cccc(O)c2C(O)=C2C(=O)[C@]3(O)C(O)=C(C(N)=O)C(=O)[C@@H](N)[C@@H]3[C@@H](O)[C@H]12. The van der Waals surface area contributed by atoms with Crippen LogP contribution in [0.2, 0.25) is 0 Å². The van der Waals surface area contributed by atoms with Crippen LogP contribution in [0.1, 0.15) is 11.1 Å². The van der Waals surface area contributed by atoms with Crippen molar-refractivity contribution in [2.24, 2.45) is 23.3 Å². The minimum Gasteiger partial charge on any atom is -0.508 e. The normalized spacial score (nSPS) is 33.2. The lowest BCUT2D eigenvalue weighted by Crippen LogP contribution is -2.69. The van der Waals surface area contributed by atoms with E-state index in [9.17, 15) is 39.9 Å². The molecule has 1 saturated carbocycles. The number of primary amides is 1. The Morgan fingerprint density at radius 1 is 1.17 bits per heavy atom. The first-order valence-corrected chi connectivity index (χ1v) is 8.89. The Balaban J connectivity index is 2.06. The van der Waals surface area contributed by atoms with Crippen molar-refractivity contribution < 1.29 is 39.9 Å². The average molecular weight is 414 g/mol. The predicted octanol–water partition coefficient (Wildman–Crippen LogP) is -1.20. The van der Waals surface area contributed by atoms with Gasteiger partial charge in [0.25, 0.3) is 5.91 Å². The Labute approximate surface area is 169 Å². The highest BCUT2D eigenvalue weighted by atomic mass is 16.4. The van der Waals surface area contributed by atoms with E-state index in [1.165, 1.54) is 18.2 Å². The van der Waals surface area contributed by atoms with Gasteiger partial charge in [-0.2, -0.15) is 0 Å². The molecule has 0 radical (unpaired) electrons. The van der Waals surface area contributed by atoms with Gasteiger partial charge in [0, 0.05) is 5.92 Å². The highest BCUT2D eigenvalue weighted by Gasteiger charge is 2.67. The lowest BCUT2D eigenvalue weighted by molar-refractivity contribution is -0.160. The number of aliphatic hydroxyl groups is 4. The summed E-state index contributed by atoms with van der Waals surface area (Å²) in [5.41, 5.74) is 6.59. The third-order valence-corrected chi connectivity index (χ3v) is 6.13. The van der Waals surface area contributed by atoms with Crippen molar-refractivity contribution in [3.63, 3.8) is 0 Å². The van der Waals surface area contributed by atoms with Crippen LogP contribution in [0.5, 0.6) is 5.75 Å². The molecule has 0 saturated heterocycles. The molecule has 0 unspecified atom stereocenters.